The lowest BCUT2D eigenvalue weighted by Gasteiger charge is -2.26. The van der Waals surface area contributed by atoms with Crippen molar-refractivity contribution >= 4 is 33.0 Å². The fourth-order valence-corrected chi connectivity index (χ4v) is 5.74. The third kappa shape index (κ3) is 5.41. The molecule has 1 amide bonds. The molecule has 174 valence electrons. The van der Waals surface area contributed by atoms with E-state index < -0.39 is 15.9 Å². The Morgan fingerprint density at radius 1 is 1.18 bits per heavy atom. The lowest BCUT2D eigenvalue weighted by atomic mass is 10.1. The maximum atomic E-state index is 13.1. The quantitative estimate of drug-likeness (QED) is 0.547. The Balaban J connectivity index is 1.53. The number of para-hydroxylation sites is 1. The van der Waals surface area contributed by atoms with Gasteiger partial charge in [-0.05, 0) is 43.7 Å². The first-order valence-electron chi connectivity index (χ1n) is 10.5. The van der Waals surface area contributed by atoms with Crippen LogP contribution in [0.15, 0.2) is 52.7 Å². The van der Waals surface area contributed by atoms with Crippen molar-refractivity contribution in [2.45, 2.75) is 25.3 Å². The van der Waals surface area contributed by atoms with E-state index in [0.717, 1.165) is 10.7 Å². The van der Waals surface area contributed by atoms with Gasteiger partial charge in [0.25, 0.3) is 5.91 Å². The zero-order valence-corrected chi connectivity index (χ0v) is 20.0. The Bertz CT molecular complexity index is 1250. The zero-order chi connectivity index (χ0) is 23.4. The maximum Gasteiger partial charge on any atom is 0.259 e. The molecule has 33 heavy (non-hydrogen) atoms. The van der Waals surface area contributed by atoms with E-state index in [4.69, 9.17) is 9.47 Å². The standard InChI is InChI=1S/C23H25N3O5S2/c1-16-7-8-18(13-22(16)33(28,29)26-9-11-30-12-10-26)25-23(27)20-5-3-4-6-21(20)31-14-19-15-32-17(2)24-19/h3-8,13,15H,9-12,14H2,1-2H3,(H,25,27). The highest BCUT2D eigenvalue weighted by Crippen LogP contribution is 2.26. The Hall–Kier alpha value is -2.79. The highest BCUT2D eigenvalue weighted by atomic mass is 32.2. The molecule has 1 fully saturated rings. The van der Waals surface area contributed by atoms with Crippen LogP contribution in [-0.4, -0.2) is 49.9 Å². The molecule has 0 spiro atoms. The van der Waals surface area contributed by atoms with E-state index in [1.807, 2.05) is 12.3 Å². The number of aromatic nitrogens is 1. The number of sulfonamides is 1. The van der Waals surface area contributed by atoms with E-state index in [1.165, 1.54) is 21.7 Å². The summed E-state index contributed by atoms with van der Waals surface area (Å²) in [6.45, 7) is 5.26. The summed E-state index contributed by atoms with van der Waals surface area (Å²) in [5.41, 5.74) is 2.15. The van der Waals surface area contributed by atoms with Gasteiger partial charge in [0.15, 0.2) is 0 Å². The van der Waals surface area contributed by atoms with Crippen LogP contribution in [0.3, 0.4) is 0 Å². The second-order valence-corrected chi connectivity index (χ2v) is 10.6. The summed E-state index contributed by atoms with van der Waals surface area (Å²) in [7, 11) is -3.69. The molecule has 2 aromatic carbocycles. The summed E-state index contributed by atoms with van der Waals surface area (Å²) in [4.78, 5) is 17.6. The van der Waals surface area contributed by atoms with Gasteiger partial charge in [-0.25, -0.2) is 13.4 Å². The molecule has 0 aliphatic carbocycles. The van der Waals surface area contributed by atoms with E-state index in [2.05, 4.69) is 10.3 Å². The minimum atomic E-state index is -3.69. The monoisotopic (exact) mass is 487 g/mol. The molecule has 4 rings (SSSR count). The smallest absolute Gasteiger partial charge is 0.259 e. The molecule has 2 heterocycles. The molecule has 8 nitrogen and oxygen atoms in total. The first-order valence-corrected chi connectivity index (χ1v) is 12.8. The minimum Gasteiger partial charge on any atom is -0.486 e. The summed E-state index contributed by atoms with van der Waals surface area (Å²) in [5.74, 6) is 0.0348. The maximum absolute atomic E-state index is 13.1. The van der Waals surface area contributed by atoms with Gasteiger partial charge in [-0.1, -0.05) is 18.2 Å². The number of nitrogens with zero attached hydrogens (tertiary/aromatic N) is 2. The van der Waals surface area contributed by atoms with Crippen LogP contribution in [-0.2, 0) is 21.4 Å². The number of morpholine rings is 1. The van der Waals surface area contributed by atoms with Crippen molar-refractivity contribution in [2.24, 2.45) is 0 Å². The Labute approximate surface area is 197 Å². The summed E-state index contributed by atoms with van der Waals surface area (Å²) in [6.07, 6.45) is 0. The first kappa shape index (κ1) is 23.4. The van der Waals surface area contributed by atoms with E-state index in [-0.39, 0.29) is 11.5 Å². The number of hydrogen-bond donors (Lipinski definition) is 1. The number of amides is 1. The number of thiazole rings is 1. The van der Waals surface area contributed by atoms with Gasteiger partial charge in [0, 0.05) is 24.2 Å². The predicted octanol–water partition coefficient (Wildman–Crippen LogP) is 3.61. The number of anilines is 1. The largest absolute Gasteiger partial charge is 0.486 e. The number of aryl methyl sites for hydroxylation is 2. The molecule has 0 radical (unpaired) electrons. The third-order valence-corrected chi connectivity index (χ3v) is 8.07. The average Bonchev–Trinajstić information content (AvgIpc) is 3.24. The highest BCUT2D eigenvalue weighted by Gasteiger charge is 2.28. The lowest BCUT2D eigenvalue weighted by molar-refractivity contribution is 0.0730. The second-order valence-electron chi connectivity index (χ2n) is 7.59. The Morgan fingerprint density at radius 3 is 2.67 bits per heavy atom. The normalized spacial score (nSPS) is 14.7. The Kier molecular flexibility index (Phi) is 7.08. The van der Waals surface area contributed by atoms with Crippen LogP contribution in [0.5, 0.6) is 5.75 Å². The van der Waals surface area contributed by atoms with Crippen molar-refractivity contribution in [3.8, 4) is 5.75 Å². The van der Waals surface area contributed by atoms with Gasteiger partial charge in [-0.15, -0.1) is 11.3 Å². The molecule has 0 bridgehead atoms. The van der Waals surface area contributed by atoms with Gasteiger partial charge in [0.2, 0.25) is 10.0 Å². The van der Waals surface area contributed by atoms with Gasteiger partial charge in [-0.2, -0.15) is 4.31 Å². The second kappa shape index (κ2) is 10.0. The average molecular weight is 488 g/mol. The van der Waals surface area contributed by atoms with E-state index in [9.17, 15) is 13.2 Å². The van der Waals surface area contributed by atoms with Gasteiger partial charge in [0.05, 0.1) is 34.4 Å². The van der Waals surface area contributed by atoms with Crippen LogP contribution in [0.1, 0.15) is 26.6 Å². The fourth-order valence-electron chi connectivity index (χ4n) is 3.49. The van der Waals surface area contributed by atoms with Crippen molar-refractivity contribution in [1.82, 2.24) is 9.29 Å². The SMILES string of the molecule is Cc1nc(COc2ccccc2C(=O)Nc2ccc(C)c(S(=O)(=O)N3CCOCC3)c2)cs1. The molecule has 0 unspecified atom stereocenters. The summed E-state index contributed by atoms with van der Waals surface area (Å²) in [6, 6.07) is 11.8. The molecule has 1 aromatic heterocycles. The molecule has 3 aromatic rings. The molecule has 0 atom stereocenters. The van der Waals surface area contributed by atoms with Crippen LogP contribution in [0.25, 0.3) is 0 Å². The Morgan fingerprint density at radius 2 is 1.94 bits per heavy atom. The topological polar surface area (TPSA) is 97.8 Å². The number of carbonyl (C=O) groups is 1. The van der Waals surface area contributed by atoms with E-state index >= 15 is 0 Å². The van der Waals surface area contributed by atoms with Crippen molar-refractivity contribution in [3.05, 3.63) is 69.7 Å². The molecular formula is C23H25N3O5S2. The summed E-state index contributed by atoms with van der Waals surface area (Å²) >= 11 is 1.54. The van der Waals surface area contributed by atoms with Crippen LogP contribution in [0.4, 0.5) is 5.69 Å². The van der Waals surface area contributed by atoms with Crippen LogP contribution < -0.4 is 10.1 Å². The third-order valence-electron chi connectivity index (χ3n) is 5.21. The molecule has 1 N–H and O–H groups in total. The number of benzene rings is 2. The van der Waals surface area contributed by atoms with Crippen LogP contribution in [0, 0.1) is 13.8 Å². The van der Waals surface area contributed by atoms with E-state index in [1.54, 1.807) is 43.3 Å². The number of carbonyl (C=O) groups excluding carboxylic acids is 1. The fraction of sp³-hybridized carbons (Fsp3) is 0.304. The number of hydrogen-bond acceptors (Lipinski definition) is 7. The number of ether oxygens (including phenoxy) is 2. The molecular weight excluding hydrogens is 462 g/mol. The minimum absolute atomic E-state index is 0.172. The van der Waals surface area contributed by atoms with Gasteiger partial charge >= 0.3 is 0 Å². The summed E-state index contributed by atoms with van der Waals surface area (Å²) < 4.78 is 38.8. The molecule has 1 saturated heterocycles. The van der Waals surface area contributed by atoms with Gasteiger partial charge < -0.3 is 14.8 Å². The molecule has 1 aliphatic heterocycles. The van der Waals surface area contributed by atoms with Gasteiger partial charge in [-0.3, -0.25) is 4.79 Å². The molecule has 10 heteroatoms. The summed E-state index contributed by atoms with van der Waals surface area (Å²) in [5, 5.41) is 5.67. The van der Waals surface area contributed by atoms with Crippen molar-refractivity contribution in [1.29, 1.82) is 0 Å². The van der Waals surface area contributed by atoms with Crippen LogP contribution >= 0.6 is 11.3 Å². The molecule has 1 aliphatic rings. The highest BCUT2D eigenvalue weighted by molar-refractivity contribution is 7.89. The van der Waals surface area contributed by atoms with Crippen molar-refractivity contribution < 1.29 is 22.7 Å². The van der Waals surface area contributed by atoms with Crippen molar-refractivity contribution in [2.75, 3.05) is 31.6 Å². The molecule has 0 saturated carbocycles. The lowest BCUT2D eigenvalue weighted by Crippen LogP contribution is -2.40. The first-order chi connectivity index (χ1) is 15.8. The number of rotatable bonds is 7. The van der Waals surface area contributed by atoms with Crippen molar-refractivity contribution in [3.63, 3.8) is 0 Å². The number of nitrogens with one attached hydrogen (secondary N) is 1. The predicted molar refractivity (Wildman–Crippen MR) is 126 cm³/mol. The van der Waals surface area contributed by atoms with E-state index in [0.29, 0.717) is 48.9 Å². The zero-order valence-electron chi connectivity index (χ0n) is 18.4. The van der Waals surface area contributed by atoms with Gasteiger partial charge in [0.1, 0.15) is 12.4 Å². The van der Waals surface area contributed by atoms with Crippen LogP contribution in [0.2, 0.25) is 0 Å².